The lowest BCUT2D eigenvalue weighted by atomic mass is 10.1. The van der Waals surface area contributed by atoms with E-state index in [0.717, 1.165) is 4.68 Å². The number of anilines is 1. The predicted octanol–water partition coefficient (Wildman–Crippen LogP) is 2.20. The molecule has 160 valence electrons. The SMILES string of the molecule is CC(C)CC(=O)Nc1ccc(C(=O)COC(=O)Cn2nnc3ccccc3c2=O)cc1. The van der Waals surface area contributed by atoms with Gasteiger partial charge in [-0.3, -0.25) is 19.2 Å². The lowest BCUT2D eigenvalue weighted by molar-refractivity contribution is -0.143. The summed E-state index contributed by atoms with van der Waals surface area (Å²) < 4.78 is 5.87. The summed E-state index contributed by atoms with van der Waals surface area (Å²) in [4.78, 5) is 48.5. The minimum atomic E-state index is -0.780. The van der Waals surface area contributed by atoms with Gasteiger partial charge in [-0.05, 0) is 42.3 Å². The van der Waals surface area contributed by atoms with Crippen molar-refractivity contribution in [2.75, 3.05) is 11.9 Å². The number of benzene rings is 2. The fraction of sp³-hybridized carbons (Fsp3) is 0.273. The van der Waals surface area contributed by atoms with Gasteiger partial charge in [-0.2, -0.15) is 4.68 Å². The number of nitrogens with zero attached hydrogens (tertiary/aromatic N) is 3. The van der Waals surface area contributed by atoms with E-state index in [4.69, 9.17) is 4.74 Å². The molecular weight excluding hydrogens is 400 g/mol. The second-order valence-corrected chi connectivity index (χ2v) is 7.38. The maximum atomic E-state index is 12.3. The van der Waals surface area contributed by atoms with Crippen molar-refractivity contribution in [2.45, 2.75) is 26.8 Å². The monoisotopic (exact) mass is 422 g/mol. The van der Waals surface area contributed by atoms with Crippen molar-refractivity contribution < 1.29 is 19.1 Å². The van der Waals surface area contributed by atoms with Gasteiger partial charge < -0.3 is 10.1 Å². The summed E-state index contributed by atoms with van der Waals surface area (Å²) in [5.41, 5.74) is 0.867. The Bertz CT molecular complexity index is 1170. The van der Waals surface area contributed by atoms with Crippen molar-refractivity contribution in [3.8, 4) is 0 Å². The Kier molecular flexibility index (Phi) is 6.86. The van der Waals surface area contributed by atoms with Crippen LogP contribution in [0.5, 0.6) is 0 Å². The van der Waals surface area contributed by atoms with Crippen LogP contribution >= 0.6 is 0 Å². The summed E-state index contributed by atoms with van der Waals surface area (Å²) in [6.45, 7) is 2.97. The molecule has 9 heteroatoms. The molecule has 0 saturated heterocycles. The van der Waals surface area contributed by atoms with Gasteiger partial charge in [-0.1, -0.05) is 31.2 Å². The quantitative estimate of drug-likeness (QED) is 0.436. The molecule has 2 aromatic carbocycles. The Balaban J connectivity index is 1.54. The third-order valence-electron chi connectivity index (χ3n) is 4.36. The number of nitrogens with one attached hydrogen (secondary N) is 1. The van der Waals surface area contributed by atoms with Crippen LogP contribution in [0.4, 0.5) is 5.69 Å². The number of rotatable bonds is 8. The molecule has 3 rings (SSSR count). The molecule has 0 aliphatic heterocycles. The molecule has 0 fully saturated rings. The second kappa shape index (κ2) is 9.75. The summed E-state index contributed by atoms with van der Waals surface area (Å²) in [6, 6.07) is 13.0. The number of esters is 1. The minimum absolute atomic E-state index is 0.102. The van der Waals surface area contributed by atoms with E-state index in [0.29, 0.717) is 28.6 Å². The maximum Gasteiger partial charge on any atom is 0.328 e. The Labute approximate surface area is 178 Å². The van der Waals surface area contributed by atoms with E-state index in [1.807, 2.05) is 13.8 Å². The highest BCUT2D eigenvalue weighted by Crippen LogP contribution is 2.12. The van der Waals surface area contributed by atoms with Gasteiger partial charge in [0.15, 0.2) is 12.4 Å². The molecule has 0 radical (unpaired) electrons. The number of amides is 1. The minimum Gasteiger partial charge on any atom is -0.456 e. The predicted molar refractivity (Wildman–Crippen MR) is 114 cm³/mol. The highest BCUT2D eigenvalue weighted by Gasteiger charge is 2.14. The smallest absolute Gasteiger partial charge is 0.328 e. The van der Waals surface area contributed by atoms with Crippen molar-refractivity contribution >= 4 is 34.3 Å². The van der Waals surface area contributed by atoms with E-state index < -0.39 is 30.5 Å². The fourth-order valence-electron chi connectivity index (χ4n) is 2.85. The van der Waals surface area contributed by atoms with E-state index in [-0.39, 0.29) is 11.8 Å². The molecule has 31 heavy (non-hydrogen) atoms. The van der Waals surface area contributed by atoms with E-state index in [1.165, 1.54) is 0 Å². The van der Waals surface area contributed by atoms with Gasteiger partial charge in [0.2, 0.25) is 5.91 Å². The molecule has 1 amide bonds. The maximum absolute atomic E-state index is 12.3. The second-order valence-electron chi connectivity index (χ2n) is 7.38. The molecule has 1 N–H and O–H groups in total. The molecule has 0 aliphatic carbocycles. The van der Waals surface area contributed by atoms with Crippen molar-refractivity contribution in [2.24, 2.45) is 5.92 Å². The first-order valence-corrected chi connectivity index (χ1v) is 9.75. The molecule has 0 bridgehead atoms. The number of carbonyl (C=O) groups excluding carboxylic acids is 3. The molecule has 0 unspecified atom stereocenters. The first-order chi connectivity index (χ1) is 14.8. The topological polar surface area (TPSA) is 120 Å². The van der Waals surface area contributed by atoms with Crippen LogP contribution in [0.3, 0.4) is 0 Å². The van der Waals surface area contributed by atoms with E-state index in [9.17, 15) is 19.2 Å². The van der Waals surface area contributed by atoms with Crippen LogP contribution in [-0.4, -0.2) is 39.3 Å². The van der Waals surface area contributed by atoms with Gasteiger partial charge in [-0.15, -0.1) is 5.10 Å². The number of hydrogen-bond acceptors (Lipinski definition) is 7. The fourth-order valence-corrected chi connectivity index (χ4v) is 2.85. The molecule has 9 nitrogen and oxygen atoms in total. The number of aromatic nitrogens is 3. The van der Waals surface area contributed by atoms with Crippen molar-refractivity contribution in [3.05, 3.63) is 64.4 Å². The zero-order chi connectivity index (χ0) is 22.4. The molecular formula is C22H22N4O5. The van der Waals surface area contributed by atoms with Crippen LogP contribution in [0.1, 0.15) is 30.6 Å². The summed E-state index contributed by atoms with van der Waals surface area (Å²) in [7, 11) is 0. The first kappa shape index (κ1) is 21.8. The van der Waals surface area contributed by atoms with Crippen LogP contribution in [0.25, 0.3) is 10.9 Å². The van der Waals surface area contributed by atoms with Crippen molar-refractivity contribution in [1.82, 2.24) is 15.0 Å². The average molecular weight is 422 g/mol. The highest BCUT2D eigenvalue weighted by atomic mass is 16.5. The van der Waals surface area contributed by atoms with Gasteiger partial charge in [0.05, 0.1) is 5.39 Å². The number of ether oxygens (including phenoxy) is 1. The van der Waals surface area contributed by atoms with Crippen molar-refractivity contribution in [3.63, 3.8) is 0 Å². The highest BCUT2D eigenvalue weighted by molar-refractivity contribution is 5.98. The van der Waals surface area contributed by atoms with E-state index in [1.54, 1.807) is 48.5 Å². The molecule has 1 heterocycles. The zero-order valence-corrected chi connectivity index (χ0v) is 17.2. The summed E-state index contributed by atoms with van der Waals surface area (Å²) in [5.74, 6) is -1.05. The van der Waals surface area contributed by atoms with E-state index in [2.05, 4.69) is 15.6 Å². The van der Waals surface area contributed by atoms with Crippen LogP contribution in [0.15, 0.2) is 53.3 Å². The third kappa shape index (κ3) is 5.81. The van der Waals surface area contributed by atoms with Crippen LogP contribution in [0, 0.1) is 5.92 Å². The molecule has 0 saturated carbocycles. The van der Waals surface area contributed by atoms with Gasteiger partial charge in [0, 0.05) is 17.7 Å². The Morgan fingerprint density at radius 2 is 1.77 bits per heavy atom. The third-order valence-corrected chi connectivity index (χ3v) is 4.36. The van der Waals surface area contributed by atoms with Gasteiger partial charge in [-0.25, -0.2) is 0 Å². The molecule has 0 spiro atoms. The van der Waals surface area contributed by atoms with Crippen LogP contribution < -0.4 is 10.9 Å². The largest absolute Gasteiger partial charge is 0.456 e. The number of carbonyl (C=O) groups is 3. The number of ketones is 1. The average Bonchev–Trinajstić information content (AvgIpc) is 2.74. The van der Waals surface area contributed by atoms with E-state index >= 15 is 0 Å². The Hall–Kier alpha value is -3.88. The normalized spacial score (nSPS) is 10.8. The molecule has 1 aromatic heterocycles. The Morgan fingerprint density at radius 1 is 1.06 bits per heavy atom. The van der Waals surface area contributed by atoms with Gasteiger partial charge in [0.25, 0.3) is 5.56 Å². The van der Waals surface area contributed by atoms with Crippen LogP contribution in [0.2, 0.25) is 0 Å². The lowest BCUT2D eigenvalue weighted by Crippen LogP contribution is -2.29. The Morgan fingerprint density at radius 3 is 2.48 bits per heavy atom. The number of hydrogen-bond donors (Lipinski definition) is 1. The number of Topliss-reactive ketones (excluding diaryl/α,β-unsaturated/α-hetero) is 1. The van der Waals surface area contributed by atoms with Crippen molar-refractivity contribution in [1.29, 1.82) is 0 Å². The molecule has 3 aromatic rings. The lowest BCUT2D eigenvalue weighted by Gasteiger charge is -2.08. The molecule has 0 aliphatic rings. The molecule has 0 atom stereocenters. The summed E-state index contributed by atoms with van der Waals surface area (Å²) >= 11 is 0. The first-order valence-electron chi connectivity index (χ1n) is 9.75. The van der Waals surface area contributed by atoms with Crippen LogP contribution in [-0.2, 0) is 20.9 Å². The standard InChI is InChI=1S/C22H22N4O5/c1-14(2)11-20(28)23-16-9-7-15(8-10-16)19(27)13-31-21(29)12-26-22(30)17-5-3-4-6-18(17)24-25-26/h3-10,14H,11-13H2,1-2H3,(H,23,28). The summed E-state index contributed by atoms with van der Waals surface area (Å²) in [5, 5.41) is 10.7. The zero-order valence-electron chi connectivity index (χ0n) is 17.2. The van der Waals surface area contributed by atoms with Gasteiger partial charge >= 0.3 is 5.97 Å². The van der Waals surface area contributed by atoms with Gasteiger partial charge in [0.1, 0.15) is 12.1 Å². The summed E-state index contributed by atoms with van der Waals surface area (Å²) in [6.07, 6.45) is 0.404. The number of fused-ring (bicyclic) bond motifs is 1.